The molecule has 0 radical (unpaired) electrons. The average Bonchev–Trinajstić information content (AvgIpc) is 3.19. The normalized spacial score (nSPS) is 14.4. The van der Waals surface area contributed by atoms with Crippen molar-refractivity contribution in [3.05, 3.63) is 35.9 Å². The molecule has 1 aromatic carbocycles. The van der Waals surface area contributed by atoms with Crippen LogP contribution in [0.25, 0.3) is 0 Å². The predicted octanol–water partition coefficient (Wildman–Crippen LogP) is -3.72. The van der Waals surface area contributed by atoms with Crippen molar-refractivity contribution in [1.82, 2.24) is 31.9 Å². The molecule has 0 bridgehead atoms. The summed E-state index contributed by atoms with van der Waals surface area (Å²) >= 11 is 4.04. The second-order valence-electron chi connectivity index (χ2n) is 15.1. The number of guanidine groups is 2. The average molecular weight is 880 g/mol. The Morgan fingerprint density at radius 2 is 1.10 bits per heavy atom. The van der Waals surface area contributed by atoms with E-state index in [2.05, 4.69) is 54.5 Å². The highest BCUT2D eigenvalue weighted by Gasteiger charge is 2.34. The lowest BCUT2D eigenvalue weighted by Gasteiger charge is -2.29. The Balaban J connectivity index is 3.31. The standard InChI is InChI=1S/C38H65N13O9S/c1-20(2)16-26(33(56)51-29(21(3)4)35(58)47-25(36(59)60)13-9-15-45-38(42)43)49-31(54)24(12-8-14-44-37(40)41)46-34(57)28(18-52)50-32(55)27(48-30(53)23(39)19-61)17-22-10-6-5-7-11-22/h5-7,10-11,20-21,23-29,52,61H,8-9,12-19,39H2,1-4H3,(H,46,57)(H,47,58)(H,48,53)(H,49,54)(H,50,55)(H,51,56)(H,59,60)(H4,40,41,44)(H4,42,43,45)/t23-,24-,25-,26-,27-,28-,29-/m0/s1. The van der Waals surface area contributed by atoms with Gasteiger partial charge in [0.05, 0.1) is 12.6 Å². The van der Waals surface area contributed by atoms with Gasteiger partial charge in [-0.05, 0) is 49.5 Å². The molecule has 0 fully saturated rings. The van der Waals surface area contributed by atoms with E-state index in [4.69, 9.17) is 28.7 Å². The molecule has 7 atom stereocenters. The molecule has 1 rings (SSSR count). The Morgan fingerprint density at radius 1 is 0.639 bits per heavy atom. The summed E-state index contributed by atoms with van der Waals surface area (Å²) in [5.41, 5.74) is 28.0. The summed E-state index contributed by atoms with van der Waals surface area (Å²) in [6.45, 7) is 6.16. The van der Waals surface area contributed by atoms with E-state index in [1.54, 1.807) is 58.0 Å². The van der Waals surface area contributed by atoms with Crippen LogP contribution >= 0.6 is 12.6 Å². The van der Waals surface area contributed by atoms with Crippen molar-refractivity contribution in [2.75, 3.05) is 25.4 Å². The number of aliphatic imine (C=N–C) groups is 2. The smallest absolute Gasteiger partial charge is 0.326 e. The van der Waals surface area contributed by atoms with Gasteiger partial charge in [0, 0.05) is 25.3 Å². The number of aliphatic hydroxyl groups excluding tert-OH is 1. The van der Waals surface area contributed by atoms with E-state index >= 15 is 0 Å². The van der Waals surface area contributed by atoms with Gasteiger partial charge in [0.2, 0.25) is 35.4 Å². The molecule has 0 heterocycles. The monoisotopic (exact) mass is 879 g/mol. The molecular weight excluding hydrogens is 815 g/mol. The Kier molecular flexibility index (Phi) is 24.4. The molecule has 0 aliphatic carbocycles. The van der Waals surface area contributed by atoms with E-state index in [0.29, 0.717) is 5.56 Å². The fourth-order valence-electron chi connectivity index (χ4n) is 5.72. The molecule has 6 amide bonds. The Morgan fingerprint density at radius 3 is 1.59 bits per heavy atom. The number of benzene rings is 1. The number of hydrogen-bond donors (Lipinski definition) is 14. The summed E-state index contributed by atoms with van der Waals surface area (Å²) in [5, 5.41) is 35.2. The Hall–Kier alpha value is -5.68. The largest absolute Gasteiger partial charge is 0.480 e. The van der Waals surface area contributed by atoms with Crippen molar-refractivity contribution in [3.63, 3.8) is 0 Å². The molecule has 0 aromatic heterocycles. The van der Waals surface area contributed by atoms with Gasteiger partial charge < -0.3 is 70.8 Å². The topological polar surface area (TPSA) is 387 Å². The van der Waals surface area contributed by atoms with E-state index in [0.717, 1.165) is 0 Å². The van der Waals surface area contributed by atoms with Gasteiger partial charge in [-0.1, -0.05) is 58.0 Å². The second kappa shape index (κ2) is 28.0. The van der Waals surface area contributed by atoms with Gasteiger partial charge >= 0.3 is 5.97 Å². The maximum Gasteiger partial charge on any atom is 0.326 e. The quantitative estimate of drug-likeness (QED) is 0.0167. The van der Waals surface area contributed by atoms with E-state index in [1.807, 2.05) is 0 Å². The van der Waals surface area contributed by atoms with Crippen LogP contribution in [0.1, 0.15) is 65.4 Å². The number of carbonyl (C=O) groups is 7. The van der Waals surface area contributed by atoms with Crippen LogP contribution in [-0.4, -0.2) is 131 Å². The predicted molar refractivity (Wildman–Crippen MR) is 232 cm³/mol. The first-order valence-corrected chi connectivity index (χ1v) is 20.5. The molecule has 22 nitrogen and oxygen atoms in total. The van der Waals surface area contributed by atoms with Gasteiger partial charge in [0.15, 0.2) is 11.9 Å². The Bertz CT molecular complexity index is 1660. The highest BCUT2D eigenvalue weighted by atomic mass is 32.1. The van der Waals surface area contributed by atoms with Crippen molar-refractivity contribution in [3.8, 4) is 0 Å². The summed E-state index contributed by atoms with van der Waals surface area (Å²) in [7, 11) is 0. The third-order valence-corrected chi connectivity index (χ3v) is 9.38. The van der Waals surface area contributed by atoms with Gasteiger partial charge in [0.1, 0.15) is 36.3 Å². The lowest BCUT2D eigenvalue weighted by molar-refractivity contribution is -0.143. The number of amides is 6. The lowest BCUT2D eigenvalue weighted by atomic mass is 9.99. The third kappa shape index (κ3) is 20.9. The summed E-state index contributed by atoms with van der Waals surface area (Å²) < 4.78 is 0. The van der Waals surface area contributed by atoms with Crippen LogP contribution in [0.4, 0.5) is 0 Å². The second-order valence-corrected chi connectivity index (χ2v) is 15.4. The minimum absolute atomic E-state index is 0.00426. The number of aliphatic carboxylic acids is 1. The van der Waals surface area contributed by atoms with Crippen molar-refractivity contribution >= 4 is 66.0 Å². The number of nitrogens with one attached hydrogen (secondary N) is 6. The van der Waals surface area contributed by atoms with Crippen LogP contribution in [0.5, 0.6) is 0 Å². The number of hydrogen-bond acceptors (Lipinski definition) is 12. The van der Waals surface area contributed by atoms with Crippen LogP contribution in [-0.2, 0) is 40.0 Å². The first kappa shape index (κ1) is 53.3. The van der Waals surface area contributed by atoms with E-state index in [9.17, 15) is 43.8 Å². The fraction of sp³-hybridized carbons (Fsp3) is 0.605. The highest BCUT2D eigenvalue weighted by Crippen LogP contribution is 2.11. The number of nitrogens with zero attached hydrogens (tertiary/aromatic N) is 2. The first-order chi connectivity index (χ1) is 28.7. The van der Waals surface area contributed by atoms with Gasteiger partial charge in [-0.25, -0.2) is 4.79 Å². The van der Waals surface area contributed by atoms with Crippen LogP contribution in [0.2, 0.25) is 0 Å². The maximum atomic E-state index is 13.9. The number of thiol groups is 1. The molecule has 23 heteroatoms. The molecule has 0 spiro atoms. The molecule has 0 saturated carbocycles. The Labute approximate surface area is 361 Å². The molecule has 0 unspecified atom stereocenters. The summed E-state index contributed by atoms with van der Waals surface area (Å²) in [6.07, 6.45) is 0.423. The zero-order valence-corrected chi connectivity index (χ0v) is 36.0. The van der Waals surface area contributed by atoms with Gasteiger partial charge in [-0.15, -0.1) is 0 Å². The summed E-state index contributed by atoms with van der Waals surface area (Å²) in [5.74, 6) is -7.21. The molecule has 0 saturated heterocycles. The van der Waals surface area contributed by atoms with Gasteiger partial charge in [-0.2, -0.15) is 12.6 Å². The van der Waals surface area contributed by atoms with Gasteiger partial charge in [0.25, 0.3) is 0 Å². The molecule has 1 aromatic rings. The van der Waals surface area contributed by atoms with Crippen molar-refractivity contribution in [1.29, 1.82) is 0 Å². The third-order valence-electron chi connectivity index (χ3n) is 8.99. The zero-order chi connectivity index (χ0) is 46.2. The molecular formula is C38H65N13O9S. The van der Waals surface area contributed by atoms with Crippen molar-refractivity contribution in [2.45, 2.75) is 109 Å². The number of carbonyl (C=O) groups excluding carboxylic acids is 6. The molecule has 0 aliphatic heterocycles. The summed E-state index contributed by atoms with van der Waals surface area (Å²) in [4.78, 5) is 101. The first-order valence-electron chi connectivity index (χ1n) is 19.9. The number of carboxylic acids is 1. The molecule has 18 N–H and O–H groups in total. The van der Waals surface area contributed by atoms with Crippen LogP contribution in [0.15, 0.2) is 40.3 Å². The number of aliphatic hydroxyl groups is 1. The molecule has 0 aliphatic rings. The molecule has 342 valence electrons. The summed E-state index contributed by atoms with van der Waals surface area (Å²) in [6, 6.07) is -0.293. The van der Waals surface area contributed by atoms with E-state index in [1.165, 1.54) is 0 Å². The van der Waals surface area contributed by atoms with Gasteiger partial charge in [-0.3, -0.25) is 38.8 Å². The fourth-order valence-corrected chi connectivity index (χ4v) is 5.88. The van der Waals surface area contributed by atoms with Crippen molar-refractivity contribution < 1.29 is 43.8 Å². The van der Waals surface area contributed by atoms with E-state index in [-0.39, 0.29) is 75.2 Å². The number of rotatable bonds is 28. The van der Waals surface area contributed by atoms with Crippen LogP contribution < -0.4 is 60.6 Å². The maximum absolute atomic E-state index is 13.9. The minimum atomic E-state index is -1.60. The van der Waals surface area contributed by atoms with Crippen LogP contribution in [0.3, 0.4) is 0 Å². The number of carboxylic acid groups (broad SMARTS) is 1. The number of nitrogens with two attached hydrogens (primary N) is 5. The molecule has 61 heavy (non-hydrogen) atoms. The van der Waals surface area contributed by atoms with E-state index < -0.39 is 96.2 Å². The minimum Gasteiger partial charge on any atom is -0.480 e. The SMILES string of the molecule is CC(C)C[C@H](NC(=O)[C@H](CCCN=C(N)N)NC(=O)[C@H](CO)NC(=O)[C@H](Cc1ccccc1)NC(=O)[C@@H](N)CS)C(=O)N[C@H](C(=O)N[C@@H](CCCN=C(N)N)C(=O)O)C(C)C. The zero-order valence-electron chi connectivity index (χ0n) is 35.1. The van der Waals surface area contributed by atoms with Crippen molar-refractivity contribution in [2.24, 2.45) is 50.5 Å². The van der Waals surface area contributed by atoms with Crippen LogP contribution in [0, 0.1) is 11.8 Å². The lowest BCUT2D eigenvalue weighted by Crippen LogP contribution is -2.61. The highest BCUT2D eigenvalue weighted by molar-refractivity contribution is 7.80.